The number of hydrogen-bond donors (Lipinski definition) is 3. The van der Waals surface area contributed by atoms with E-state index in [1.165, 1.54) is 0 Å². The van der Waals surface area contributed by atoms with Gasteiger partial charge in [-0.2, -0.15) is 0 Å². The largest absolute Gasteiger partial charge is 0.497 e. The molecule has 3 rings (SSSR count). The Kier molecular flexibility index (Phi) is 10.5. The van der Waals surface area contributed by atoms with Crippen molar-refractivity contribution in [3.8, 4) is 22.8 Å². The summed E-state index contributed by atoms with van der Waals surface area (Å²) in [6.07, 6.45) is 0.997. The monoisotopic (exact) mass is 565 g/mol. The molecule has 0 fully saturated rings. The number of aromatic nitrogens is 2. The summed E-state index contributed by atoms with van der Waals surface area (Å²) in [5, 5.41) is 14.0. The maximum Gasteiger partial charge on any atom is 0.194 e. The van der Waals surface area contributed by atoms with E-state index in [1.807, 2.05) is 55.4 Å². The minimum atomic E-state index is -0.838. The van der Waals surface area contributed by atoms with Gasteiger partial charge >= 0.3 is 0 Å². The normalized spacial score (nSPS) is 12.0. The molecule has 9 heteroatoms. The van der Waals surface area contributed by atoms with Gasteiger partial charge in [0, 0.05) is 19.2 Å². The van der Waals surface area contributed by atoms with E-state index in [0.29, 0.717) is 36.1 Å². The number of nitrogens with one attached hydrogen (secondary N) is 2. The van der Waals surface area contributed by atoms with Crippen LogP contribution in [-0.2, 0) is 6.54 Å². The van der Waals surface area contributed by atoms with Crippen LogP contribution in [-0.4, -0.2) is 60.3 Å². The molecule has 0 aliphatic heterocycles. The smallest absolute Gasteiger partial charge is 0.194 e. The van der Waals surface area contributed by atoms with Crippen molar-refractivity contribution in [2.45, 2.75) is 19.6 Å². The SMILES string of the molecule is CCNC(=NCC(O)c1cc(OC)ccc1OC)N(C)Cc1ncc(-c2ccccc2)[nH]1.I. The molecule has 3 aromatic rings. The second-order valence-corrected chi connectivity index (χ2v) is 7.28. The molecule has 1 atom stereocenters. The molecular weight excluding hydrogens is 533 g/mol. The van der Waals surface area contributed by atoms with Crippen LogP contribution in [0.2, 0.25) is 0 Å². The van der Waals surface area contributed by atoms with Gasteiger partial charge in [-0.15, -0.1) is 24.0 Å². The highest BCUT2D eigenvalue weighted by molar-refractivity contribution is 14.0. The van der Waals surface area contributed by atoms with E-state index in [0.717, 1.165) is 17.1 Å². The number of halogens is 1. The number of aliphatic imine (C=N–C) groups is 1. The van der Waals surface area contributed by atoms with E-state index in [1.54, 1.807) is 32.4 Å². The minimum Gasteiger partial charge on any atom is -0.497 e. The van der Waals surface area contributed by atoms with Gasteiger partial charge in [0.25, 0.3) is 0 Å². The van der Waals surface area contributed by atoms with Crippen molar-refractivity contribution in [2.24, 2.45) is 4.99 Å². The molecule has 0 aliphatic carbocycles. The van der Waals surface area contributed by atoms with E-state index >= 15 is 0 Å². The van der Waals surface area contributed by atoms with Crippen LogP contribution in [0.25, 0.3) is 11.3 Å². The van der Waals surface area contributed by atoms with Crippen molar-refractivity contribution in [1.82, 2.24) is 20.2 Å². The number of guanidine groups is 1. The maximum absolute atomic E-state index is 10.8. The third kappa shape index (κ3) is 7.10. The minimum absolute atomic E-state index is 0. The van der Waals surface area contributed by atoms with Gasteiger partial charge in [0.05, 0.1) is 39.2 Å². The fourth-order valence-electron chi connectivity index (χ4n) is 3.35. The fraction of sp³-hybridized carbons (Fsp3) is 0.333. The first-order chi connectivity index (χ1) is 15.5. The number of aromatic amines is 1. The summed E-state index contributed by atoms with van der Waals surface area (Å²) in [5.74, 6) is 2.74. The molecule has 2 aromatic carbocycles. The second-order valence-electron chi connectivity index (χ2n) is 7.28. The van der Waals surface area contributed by atoms with Crippen molar-refractivity contribution in [3.05, 3.63) is 66.1 Å². The average Bonchev–Trinajstić information content (AvgIpc) is 3.30. The van der Waals surface area contributed by atoms with Crippen LogP contribution in [0.4, 0.5) is 0 Å². The van der Waals surface area contributed by atoms with Gasteiger partial charge in [-0.25, -0.2) is 4.98 Å². The molecule has 178 valence electrons. The quantitative estimate of drug-likeness (QED) is 0.208. The maximum atomic E-state index is 10.8. The summed E-state index contributed by atoms with van der Waals surface area (Å²) in [5.41, 5.74) is 2.69. The number of H-pyrrole nitrogens is 1. The van der Waals surface area contributed by atoms with Gasteiger partial charge in [0.15, 0.2) is 5.96 Å². The summed E-state index contributed by atoms with van der Waals surface area (Å²) in [6.45, 7) is 3.42. The number of nitrogens with zero attached hydrogens (tertiary/aromatic N) is 3. The predicted molar refractivity (Wildman–Crippen MR) is 141 cm³/mol. The predicted octanol–water partition coefficient (Wildman–Crippen LogP) is 3.84. The summed E-state index contributed by atoms with van der Waals surface area (Å²) >= 11 is 0. The van der Waals surface area contributed by atoms with Gasteiger partial charge in [-0.05, 0) is 30.7 Å². The molecule has 33 heavy (non-hydrogen) atoms. The first-order valence-corrected chi connectivity index (χ1v) is 10.5. The molecular formula is C24H32IN5O3. The fourth-order valence-corrected chi connectivity index (χ4v) is 3.35. The highest BCUT2D eigenvalue weighted by atomic mass is 127. The van der Waals surface area contributed by atoms with E-state index in [2.05, 4.69) is 20.3 Å². The zero-order valence-electron chi connectivity index (χ0n) is 19.4. The topological polar surface area (TPSA) is 95.0 Å². The number of aliphatic hydroxyl groups is 1. The van der Waals surface area contributed by atoms with Gasteiger partial charge in [0.1, 0.15) is 23.4 Å². The number of methoxy groups -OCH3 is 2. The van der Waals surface area contributed by atoms with Gasteiger partial charge < -0.3 is 29.8 Å². The Labute approximate surface area is 212 Å². The van der Waals surface area contributed by atoms with Crippen molar-refractivity contribution in [1.29, 1.82) is 0 Å². The molecule has 0 spiro atoms. The van der Waals surface area contributed by atoms with E-state index in [-0.39, 0.29) is 30.5 Å². The summed E-state index contributed by atoms with van der Waals surface area (Å²) in [4.78, 5) is 14.5. The Morgan fingerprint density at radius 2 is 1.94 bits per heavy atom. The molecule has 0 saturated carbocycles. The van der Waals surface area contributed by atoms with Crippen LogP contribution in [0.15, 0.2) is 59.7 Å². The lowest BCUT2D eigenvalue weighted by Gasteiger charge is -2.22. The number of ether oxygens (including phenoxy) is 2. The van der Waals surface area contributed by atoms with Crippen LogP contribution in [0.1, 0.15) is 24.4 Å². The molecule has 8 nitrogen and oxygen atoms in total. The van der Waals surface area contributed by atoms with Gasteiger partial charge in [-0.3, -0.25) is 4.99 Å². The van der Waals surface area contributed by atoms with Crippen LogP contribution in [0, 0.1) is 0 Å². The van der Waals surface area contributed by atoms with E-state index in [9.17, 15) is 5.11 Å². The lowest BCUT2D eigenvalue weighted by atomic mass is 10.1. The Hall–Kier alpha value is -2.79. The second kappa shape index (κ2) is 13.0. The third-order valence-electron chi connectivity index (χ3n) is 5.01. The number of benzene rings is 2. The summed E-state index contributed by atoms with van der Waals surface area (Å²) in [7, 11) is 5.10. The molecule has 0 amide bonds. The van der Waals surface area contributed by atoms with Crippen molar-refractivity contribution < 1.29 is 14.6 Å². The Morgan fingerprint density at radius 3 is 2.61 bits per heavy atom. The Bertz CT molecular complexity index is 1030. The average molecular weight is 565 g/mol. The first-order valence-electron chi connectivity index (χ1n) is 10.5. The molecule has 0 aliphatic rings. The van der Waals surface area contributed by atoms with Crippen LogP contribution >= 0.6 is 24.0 Å². The van der Waals surface area contributed by atoms with Crippen LogP contribution < -0.4 is 14.8 Å². The van der Waals surface area contributed by atoms with E-state index in [4.69, 9.17) is 9.47 Å². The Morgan fingerprint density at radius 1 is 1.18 bits per heavy atom. The highest BCUT2D eigenvalue weighted by Crippen LogP contribution is 2.29. The van der Waals surface area contributed by atoms with E-state index < -0.39 is 6.10 Å². The zero-order chi connectivity index (χ0) is 22.9. The van der Waals surface area contributed by atoms with Crippen molar-refractivity contribution in [2.75, 3.05) is 34.4 Å². The highest BCUT2D eigenvalue weighted by Gasteiger charge is 2.16. The van der Waals surface area contributed by atoms with Crippen molar-refractivity contribution >= 4 is 29.9 Å². The molecule has 0 saturated heterocycles. The van der Waals surface area contributed by atoms with Crippen molar-refractivity contribution in [3.63, 3.8) is 0 Å². The zero-order valence-corrected chi connectivity index (χ0v) is 21.7. The first kappa shape index (κ1) is 26.5. The standard InChI is InChI=1S/C24H31N5O3.HI/c1-5-25-24(27-15-21(30)19-13-18(31-3)11-12-22(19)32-4)29(2)16-23-26-14-20(28-23)17-9-7-6-8-10-17;/h6-14,21,30H,5,15-16H2,1-4H3,(H,25,27)(H,26,28);1H. The molecule has 1 heterocycles. The molecule has 0 bridgehead atoms. The summed E-state index contributed by atoms with van der Waals surface area (Å²) in [6, 6.07) is 15.4. The van der Waals surface area contributed by atoms with Crippen LogP contribution in [0.5, 0.6) is 11.5 Å². The number of imidazole rings is 1. The third-order valence-corrected chi connectivity index (χ3v) is 5.01. The van der Waals surface area contributed by atoms with Crippen LogP contribution in [0.3, 0.4) is 0 Å². The number of rotatable bonds is 9. The van der Waals surface area contributed by atoms with Gasteiger partial charge in [-0.1, -0.05) is 30.3 Å². The molecule has 1 aromatic heterocycles. The number of aliphatic hydroxyl groups excluding tert-OH is 1. The molecule has 3 N–H and O–H groups in total. The number of hydrogen-bond acceptors (Lipinski definition) is 5. The van der Waals surface area contributed by atoms with Gasteiger partial charge in [0.2, 0.25) is 0 Å². The Balaban J connectivity index is 0.00000385. The summed E-state index contributed by atoms with van der Waals surface area (Å²) < 4.78 is 10.7. The molecule has 1 unspecified atom stereocenters. The molecule has 0 radical (unpaired) electrons. The lowest BCUT2D eigenvalue weighted by molar-refractivity contribution is 0.181. The lowest BCUT2D eigenvalue weighted by Crippen LogP contribution is -2.39.